The summed E-state index contributed by atoms with van der Waals surface area (Å²) in [5.74, 6) is -0.515. The van der Waals surface area contributed by atoms with Gasteiger partial charge in [0.1, 0.15) is 17.6 Å². The van der Waals surface area contributed by atoms with Gasteiger partial charge in [-0.3, -0.25) is 0 Å². The van der Waals surface area contributed by atoms with Crippen molar-refractivity contribution in [3.05, 3.63) is 23.4 Å². The third kappa shape index (κ3) is 4.60. The van der Waals surface area contributed by atoms with Gasteiger partial charge < -0.3 is 5.32 Å². The number of pyridine rings is 1. The summed E-state index contributed by atoms with van der Waals surface area (Å²) < 4.78 is 73.8. The monoisotopic (exact) mass is 297 g/mol. The summed E-state index contributed by atoms with van der Waals surface area (Å²) >= 11 is 0. The van der Waals surface area contributed by atoms with Crippen molar-refractivity contribution in [1.82, 2.24) is 4.98 Å². The van der Waals surface area contributed by atoms with Gasteiger partial charge in [-0.15, -0.1) is 0 Å². The molecule has 0 aliphatic carbocycles. The number of nitriles is 1. The molecule has 0 bridgehead atoms. The Morgan fingerprint density at radius 3 is 2.30 bits per heavy atom. The van der Waals surface area contributed by atoms with E-state index >= 15 is 0 Å². The first kappa shape index (κ1) is 16.1. The molecule has 0 fully saturated rings. The van der Waals surface area contributed by atoms with Gasteiger partial charge in [0.25, 0.3) is 0 Å². The zero-order valence-electron chi connectivity index (χ0n) is 10.1. The van der Waals surface area contributed by atoms with Crippen molar-refractivity contribution in [2.24, 2.45) is 0 Å². The molecule has 9 heteroatoms. The van der Waals surface area contributed by atoms with E-state index in [4.69, 9.17) is 5.26 Å². The minimum absolute atomic E-state index is 0.257. The maximum Gasteiger partial charge on any atom is 0.433 e. The zero-order valence-corrected chi connectivity index (χ0v) is 10.1. The molecule has 0 radical (unpaired) electrons. The number of halogens is 6. The number of hydrogen-bond acceptors (Lipinski definition) is 3. The summed E-state index contributed by atoms with van der Waals surface area (Å²) in [4.78, 5) is 3.16. The predicted molar refractivity (Wildman–Crippen MR) is 57.7 cm³/mol. The largest absolute Gasteiger partial charge is 0.433 e. The Labute approximate surface area is 110 Å². The van der Waals surface area contributed by atoms with Gasteiger partial charge in [0, 0.05) is 6.04 Å². The molecule has 0 saturated heterocycles. The molecule has 0 aromatic carbocycles. The Bertz CT molecular complexity index is 514. The highest BCUT2D eigenvalue weighted by Crippen LogP contribution is 2.30. The first-order valence-electron chi connectivity index (χ1n) is 5.34. The third-order valence-corrected chi connectivity index (χ3v) is 2.23. The number of nitrogens with one attached hydrogen (secondary N) is 1. The molecule has 0 aliphatic heterocycles. The first-order valence-corrected chi connectivity index (χ1v) is 5.34. The molecule has 3 nitrogen and oxygen atoms in total. The molecule has 0 saturated carbocycles. The van der Waals surface area contributed by atoms with Gasteiger partial charge in [-0.05, 0) is 19.1 Å². The molecule has 1 N–H and O–H groups in total. The number of rotatable bonds is 3. The van der Waals surface area contributed by atoms with E-state index in [0.717, 1.165) is 13.0 Å². The second kappa shape index (κ2) is 5.56. The van der Waals surface area contributed by atoms with Gasteiger partial charge >= 0.3 is 12.4 Å². The van der Waals surface area contributed by atoms with Gasteiger partial charge in [0.2, 0.25) is 0 Å². The Morgan fingerprint density at radius 2 is 1.85 bits per heavy atom. The summed E-state index contributed by atoms with van der Waals surface area (Å²) in [6, 6.07) is 1.81. The zero-order chi connectivity index (χ0) is 15.6. The number of alkyl halides is 6. The fourth-order valence-corrected chi connectivity index (χ4v) is 1.45. The average Bonchev–Trinajstić information content (AvgIpc) is 2.24. The molecule has 110 valence electrons. The van der Waals surface area contributed by atoms with E-state index < -0.39 is 36.3 Å². The van der Waals surface area contributed by atoms with Gasteiger partial charge in [0.15, 0.2) is 0 Å². The molecule has 1 unspecified atom stereocenters. The van der Waals surface area contributed by atoms with Crippen LogP contribution in [-0.4, -0.2) is 17.2 Å². The Balaban J connectivity index is 3.01. The molecule has 0 aliphatic rings. The van der Waals surface area contributed by atoms with Crippen molar-refractivity contribution in [1.29, 1.82) is 5.26 Å². The number of anilines is 1. The fourth-order valence-electron chi connectivity index (χ4n) is 1.45. The highest BCUT2D eigenvalue weighted by Gasteiger charge is 2.34. The topological polar surface area (TPSA) is 48.7 Å². The predicted octanol–water partition coefficient (Wildman–Crippen LogP) is 3.72. The maximum atomic E-state index is 12.5. The molecule has 1 aromatic heterocycles. The third-order valence-electron chi connectivity index (χ3n) is 2.23. The van der Waals surface area contributed by atoms with Gasteiger partial charge in [-0.2, -0.15) is 31.6 Å². The summed E-state index contributed by atoms with van der Waals surface area (Å²) in [6.07, 6.45) is -10.5. The van der Waals surface area contributed by atoms with Crippen molar-refractivity contribution in [2.75, 3.05) is 5.32 Å². The Morgan fingerprint density at radius 1 is 1.25 bits per heavy atom. The lowest BCUT2D eigenvalue weighted by Gasteiger charge is -2.18. The first-order chi connectivity index (χ1) is 9.03. The van der Waals surface area contributed by atoms with E-state index in [1.165, 1.54) is 0 Å². The highest BCUT2D eigenvalue weighted by atomic mass is 19.4. The van der Waals surface area contributed by atoms with E-state index in [1.54, 1.807) is 6.07 Å². The van der Waals surface area contributed by atoms with E-state index in [2.05, 4.69) is 10.3 Å². The van der Waals surface area contributed by atoms with Crippen LogP contribution < -0.4 is 5.32 Å². The van der Waals surface area contributed by atoms with Crippen molar-refractivity contribution in [3.63, 3.8) is 0 Å². The highest BCUT2D eigenvalue weighted by molar-refractivity contribution is 5.53. The SMILES string of the molecule is CC(CC(F)(F)F)Nc1nc(C(F)(F)F)ccc1C#N. The maximum absolute atomic E-state index is 12.5. The van der Waals surface area contributed by atoms with Crippen LogP contribution in [0.25, 0.3) is 0 Å². The quantitative estimate of drug-likeness (QED) is 0.865. The number of hydrogen-bond donors (Lipinski definition) is 1. The van der Waals surface area contributed by atoms with Crippen molar-refractivity contribution in [3.8, 4) is 6.07 Å². The Kier molecular flexibility index (Phi) is 4.47. The van der Waals surface area contributed by atoms with Crippen molar-refractivity contribution < 1.29 is 26.3 Å². The molecule has 20 heavy (non-hydrogen) atoms. The molecule has 1 heterocycles. The van der Waals surface area contributed by atoms with Gasteiger partial charge in [-0.1, -0.05) is 0 Å². The van der Waals surface area contributed by atoms with Crippen LogP contribution in [0.2, 0.25) is 0 Å². The number of nitrogens with zero attached hydrogens (tertiary/aromatic N) is 2. The van der Waals surface area contributed by atoms with Crippen LogP contribution in [0.3, 0.4) is 0 Å². The second-order valence-corrected chi connectivity index (χ2v) is 4.07. The smallest absolute Gasteiger partial charge is 0.366 e. The minimum atomic E-state index is -4.74. The van der Waals surface area contributed by atoms with Crippen LogP contribution in [0.15, 0.2) is 12.1 Å². The van der Waals surface area contributed by atoms with E-state index in [1.807, 2.05) is 0 Å². The molecule has 0 amide bonds. The van der Waals surface area contributed by atoms with Crippen LogP contribution in [0.1, 0.15) is 24.6 Å². The van der Waals surface area contributed by atoms with Crippen LogP contribution in [0.5, 0.6) is 0 Å². The molecule has 1 atom stereocenters. The van der Waals surface area contributed by atoms with E-state index in [-0.39, 0.29) is 5.56 Å². The van der Waals surface area contributed by atoms with Crippen LogP contribution in [0.4, 0.5) is 32.2 Å². The summed E-state index contributed by atoms with van der Waals surface area (Å²) in [7, 11) is 0. The van der Waals surface area contributed by atoms with Crippen LogP contribution in [0, 0.1) is 11.3 Å². The number of aromatic nitrogens is 1. The normalized spacial score (nSPS) is 13.7. The lowest BCUT2D eigenvalue weighted by atomic mass is 10.2. The van der Waals surface area contributed by atoms with Gasteiger partial charge in [-0.25, -0.2) is 4.98 Å². The summed E-state index contributed by atoms with van der Waals surface area (Å²) in [6.45, 7) is 1.14. The molecule has 1 rings (SSSR count). The lowest BCUT2D eigenvalue weighted by Crippen LogP contribution is -2.25. The van der Waals surface area contributed by atoms with Crippen molar-refractivity contribution in [2.45, 2.75) is 31.7 Å². The molecular weight excluding hydrogens is 288 g/mol. The van der Waals surface area contributed by atoms with E-state index in [0.29, 0.717) is 6.07 Å². The van der Waals surface area contributed by atoms with Crippen molar-refractivity contribution >= 4 is 5.82 Å². The molecular formula is C11H9F6N3. The summed E-state index contributed by atoms with van der Waals surface area (Å²) in [5, 5.41) is 10.9. The lowest BCUT2D eigenvalue weighted by molar-refractivity contribution is -0.141. The molecule has 1 aromatic rings. The minimum Gasteiger partial charge on any atom is -0.366 e. The fraction of sp³-hybridized carbons (Fsp3) is 0.455. The van der Waals surface area contributed by atoms with E-state index in [9.17, 15) is 26.3 Å². The molecule has 0 spiro atoms. The van der Waals surface area contributed by atoms with Crippen LogP contribution in [-0.2, 0) is 6.18 Å². The second-order valence-electron chi connectivity index (χ2n) is 4.07. The Hall–Kier alpha value is -1.98. The van der Waals surface area contributed by atoms with Gasteiger partial charge in [0.05, 0.1) is 12.0 Å². The average molecular weight is 297 g/mol. The standard InChI is InChI=1S/C11H9F6N3/c1-6(4-10(12,13)14)19-9-7(5-18)2-3-8(20-9)11(15,16)17/h2-3,6H,4H2,1H3,(H,19,20). The van der Waals surface area contributed by atoms with Crippen LogP contribution >= 0.6 is 0 Å². The summed E-state index contributed by atoms with van der Waals surface area (Å²) in [5.41, 5.74) is -1.54.